The van der Waals surface area contributed by atoms with Crippen LogP contribution in [0.25, 0.3) is 10.9 Å². The number of hydrogen-bond acceptors (Lipinski definition) is 4. The number of H-pyrrole nitrogens is 1. The van der Waals surface area contributed by atoms with Crippen LogP contribution in [0.2, 0.25) is 0 Å². The summed E-state index contributed by atoms with van der Waals surface area (Å²) >= 11 is 0. The van der Waals surface area contributed by atoms with Gasteiger partial charge in [-0.1, -0.05) is 6.07 Å². The second-order valence-electron chi connectivity index (χ2n) is 7.65. The molecule has 30 heavy (non-hydrogen) atoms. The molecule has 4 heterocycles. The summed E-state index contributed by atoms with van der Waals surface area (Å²) in [6.45, 7) is 0.956. The molecule has 1 amide bonds. The van der Waals surface area contributed by atoms with E-state index in [1.165, 1.54) is 4.68 Å². The Morgan fingerprint density at radius 3 is 3.03 bits per heavy atom. The van der Waals surface area contributed by atoms with Crippen molar-refractivity contribution in [1.29, 1.82) is 0 Å². The first-order chi connectivity index (χ1) is 14.7. The van der Waals surface area contributed by atoms with Gasteiger partial charge in [0.1, 0.15) is 5.82 Å². The van der Waals surface area contributed by atoms with Crippen molar-refractivity contribution >= 4 is 16.8 Å². The molecule has 1 aliphatic rings. The van der Waals surface area contributed by atoms with Gasteiger partial charge in [0.25, 0.3) is 5.91 Å². The summed E-state index contributed by atoms with van der Waals surface area (Å²) < 4.78 is 3.23. The zero-order chi connectivity index (χ0) is 20.5. The van der Waals surface area contributed by atoms with Crippen LogP contribution in [0, 0.1) is 0 Å². The number of aromatic amines is 1. The second-order valence-corrected chi connectivity index (χ2v) is 7.65. The first-order valence-corrected chi connectivity index (χ1v) is 10.1. The van der Waals surface area contributed by atoms with Crippen molar-refractivity contribution in [2.45, 2.75) is 38.4 Å². The van der Waals surface area contributed by atoms with Crippen molar-refractivity contribution in [1.82, 2.24) is 29.6 Å². The zero-order valence-corrected chi connectivity index (χ0v) is 16.4. The molecule has 0 bridgehead atoms. The molecule has 3 aromatic heterocycles. The van der Waals surface area contributed by atoms with Gasteiger partial charge in [0, 0.05) is 54.1 Å². The van der Waals surface area contributed by atoms with E-state index in [4.69, 9.17) is 0 Å². The van der Waals surface area contributed by atoms with Crippen LogP contribution in [-0.2, 0) is 19.5 Å². The molecular formula is C22H22N6O2. The minimum atomic E-state index is -0.112. The van der Waals surface area contributed by atoms with Gasteiger partial charge in [-0.15, -0.1) is 0 Å². The fourth-order valence-electron chi connectivity index (χ4n) is 4.00. The number of carbonyl (C=O) groups excluding carboxylic acids is 1. The van der Waals surface area contributed by atoms with Crippen molar-refractivity contribution in [3.63, 3.8) is 0 Å². The van der Waals surface area contributed by atoms with Crippen LogP contribution < -0.4 is 11.0 Å². The third kappa shape index (κ3) is 3.52. The molecule has 4 aromatic rings. The van der Waals surface area contributed by atoms with Crippen LogP contribution in [-0.4, -0.2) is 36.3 Å². The molecule has 0 saturated heterocycles. The summed E-state index contributed by atoms with van der Waals surface area (Å²) in [5.74, 6) is 0.686. The quantitative estimate of drug-likeness (QED) is 0.546. The van der Waals surface area contributed by atoms with Gasteiger partial charge in [-0.3, -0.25) is 14.3 Å². The fourth-order valence-corrected chi connectivity index (χ4v) is 4.00. The first kappa shape index (κ1) is 18.4. The van der Waals surface area contributed by atoms with E-state index >= 15 is 0 Å². The number of aryl methyl sites for hydroxylation is 1. The van der Waals surface area contributed by atoms with Crippen LogP contribution in [0.1, 0.15) is 34.6 Å². The molecule has 1 unspecified atom stereocenters. The second kappa shape index (κ2) is 7.62. The van der Waals surface area contributed by atoms with Gasteiger partial charge < -0.3 is 10.3 Å². The highest BCUT2D eigenvalue weighted by molar-refractivity contribution is 5.98. The SMILES string of the molecule is O=C(NC1CCc2nn(Cc3cccnc3)c(=O)n2CC1)c1ccc2[nH]ccc2c1. The van der Waals surface area contributed by atoms with Gasteiger partial charge in [-0.25, -0.2) is 9.48 Å². The zero-order valence-electron chi connectivity index (χ0n) is 16.4. The monoisotopic (exact) mass is 402 g/mol. The molecule has 8 heteroatoms. The van der Waals surface area contributed by atoms with Gasteiger partial charge in [0.15, 0.2) is 0 Å². The van der Waals surface area contributed by atoms with Crippen LogP contribution in [0.15, 0.2) is 59.8 Å². The van der Waals surface area contributed by atoms with Gasteiger partial charge >= 0.3 is 5.69 Å². The topological polar surface area (TPSA) is 97.6 Å². The smallest absolute Gasteiger partial charge is 0.346 e. The van der Waals surface area contributed by atoms with Crippen LogP contribution in [0.4, 0.5) is 0 Å². The Hall–Kier alpha value is -3.68. The number of hydrogen-bond donors (Lipinski definition) is 2. The fraction of sp³-hybridized carbons (Fsp3) is 0.273. The third-order valence-corrected chi connectivity index (χ3v) is 5.62. The Labute approximate surface area is 172 Å². The highest BCUT2D eigenvalue weighted by Crippen LogP contribution is 2.16. The number of pyridine rings is 1. The van der Waals surface area contributed by atoms with Gasteiger partial charge in [0.05, 0.1) is 6.54 Å². The lowest BCUT2D eigenvalue weighted by atomic mass is 10.1. The molecule has 8 nitrogen and oxygen atoms in total. The Kier molecular flexibility index (Phi) is 4.66. The predicted molar refractivity (Wildman–Crippen MR) is 112 cm³/mol. The molecule has 2 N–H and O–H groups in total. The molecule has 0 aliphatic carbocycles. The molecule has 1 atom stereocenters. The molecule has 0 radical (unpaired) electrons. The Balaban J connectivity index is 1.27. The largest absolute Gasteiger partial charge is 0.361 e. The number of amides is 1. The molecule has 5 rings (SSSR count). The molecule has 152 valence electrons. The number of benzene rings is 1. The highest BCUT2D eigenvalue weighted by atomic mass is 16.2. The Bertz CT molecular complexity index is 1250. The maximum Gasteiger partial charge on any atom is 0.346 e. The summed E-state index contributed by atoms with van der Waals surface area (Å²) in [5.41, 5.74) is 2.48. The minimum Gasteiger partial charge on any atom is -0.361 e. The number of nitrogens with one attached hydrogen (secondary N) is 2. The molecule has 0 fully saturated rings. The van der Waals surface area contributed by atoms with Crippen molar-refractivity contribution in [2.75, 3.05) is 0 Å². The normalized spacial score (nSPS) is 16.2. The number of carbonyl (C=O) groups is 1. The van der Waals surface area contributed by atoms with Crippen molar-refractivity contribution < 1.29 is 4.79 Å². The Morgan fingerprint density at radius 2 is 2.17 bits per heavy atom. The molecule has 1 aromatic carbocycles. The maximum absolute atomic E-state index is 12.8. The van der Waals surface area contributed by atoms with E-state index < -0.39 is 0 Å². The third-order valence-electron chi connectivity index (χ3n) is 5.62. The van der Waals surface area contributed by atoms with Crippen molar-refractivity contribution in [2.24, 2.45) is 0 Å². The summed E-state index contributed by atoms with van der Waals surface area (Å²) in [4.78, 5) is 32.7. The summed E-state index contributed by atoms with van der Waals surface area (Å²) in [7, 11) is 0. The van der Waals surface area contributed by atoms with E-state index in [9.17, 15) is 9.59 Å². The van der Waals surface area contributed by atoms with Gasteiger partial charge in [-0.05, 0) is 48.7 Å². The molecule has 1 aliphatic heterocycles. The number of rotatable bonds is 4. The average Bonchev–Trinajstić information content (AvgIpc) is 3.29. The van der Waals surface area contributed by atoms with E-state index in [0.29, 0.717) is 31.5 Å². The average molecular weight is 402 g/mol. The van der Waals surface area contributed by atoms with E-state index in [1.807, 2.05) is 42.6 Å². The first-order valence-electron chi connectivity index (χ1n) is 10.1. The summed E-state index contributed by atoms with van der Waals surface area (Å²) in [5, 5.41) is 8.66. The van der Waals surface area contributed by atoms with Crippen molar-refractivity contribution in [3.05, 3.63) is 82.4 Å². The van der Waals surface area contributed by atoms with E-state index in [1.54, 1.807) is 17.0 Å². The van der Waals surface area contributed by atoms with E-state index in [0.717, 1.165) is 28.7 Å². The number of aromatic nitrogens is 5. The minimum absolute atomic E-state index is 0.00675. The van der Waals surface area contributed by atoms with Crippen LogP contribution in [0.5, 0.6) is 0 Å². The lowest BCUT2D eigenvalue weighted by Crippen LogP contribution is -2.35. The molecule has 0 saturated carbocycles. The summed E-state index contributed by atoms with van der Waals surface area (Å²) in [6.07, 6.45) is 7.41. The molecular weight excluding hydrogens is 380 g/mol. The standard InChI is InChI=1S/C22H22N6O2/c29-21(17-3-5-19-16(12-17)7-10-24-19)25-18-4-6-20-26-28(22(30)27(20)11-8-18)14-15-2-1-9-23-13-15/h1-3,5,7,9-10,12-13,18,24H,4,6,8,11,14H2,(H,25,29). The highest BCUT2D eigenvalue weighted by Gasteiger charge is 2.22. The van der Waals surface area contributed by atoms with Crippen LogP contribution in [0.3, 0.4) is 0 Å². The van der Waals surface area contributed by atoms with E-state index in [-0.39, 0.29) is 17.6 Å². The van der Waals surface area contributed by atoms with Gasteiger partial charge in [-0.2, -0.15) is 5.10 Å². The van der Waals surface area contributed by atoms with Gasteiger partial charge in [0.2, 0.25) is 0 Å². The lowest BCUT2D eigenvalue weighted by molar-refractivity contribution is 0.0933. The van der Waals surface area contributed by atoms with Crippen molar-refractivity contribution in [3.8, 4) is 0 Å². The Morgan fingerprint density at radius 1 is 1.23 bits per heavy atom. The number of fused-ring (bicyclic) bond motifs is 2. The lowest BCUT2D eigenvalue weighted by Gasteiger charge is -2.16. The molecule has 0 spiro atoms. The maximum atomic E-state index is 12.8. The predicted octanol–water partition coefficient (Wildman–Crippen LogP) is 2.10. The van der Waals surface area contributed by atoms with Crippen LogP contribution >= 0.6 is 0 Å². The number of nitrogens with zero attached hydrogens (tertiary/aromatic N) is 4. The summed E-state index contributed by atoms with van der Waals surface area (Å²) in [6, 6.07) is 11.4. The van der Waals surface area contributed by atoms with E-state index in [2.05, 4.69) is 20.4 Å².